The Balaban J connectivity index is 0.000000336. The molecule has 67 heteroatoms. The van der Waals surface area contributed by atoms with E-state index in [1.165, 1.54) is 48.5 Å². The third kappa shape index (κ3) is 36.7. The fraction of sp³-hybridized carbons (Fsp3) is 0.264. The van der Waals surface area contributed by atoms with Crippen molar-refractivity contribution in [2.75, 3.05) is 77.8 Å². The summed E-state index contributed by atoms with van der Waals surface area (Å²) in [7, 11) is -22.3. The number of nitrogen functional groups attached to an aromatic ring is 6. The topological polar surface area (TPSA) is 711 Å². The Bertz CT molecular complexity index is 6740. The third-order valence-corrected chi connectivity index (χ3v) is 30.0. The van der Waals surface area contributed by atoms with Crippen molar-refractivity contribution in [1.82, 2.24) is 18.9 Å². The molecular formula is C72H77Cl5F6N18O24S14. The Hall–Kier alpha value is -9.63. The van der Waals surface area contributed by atoms with Gasteiger partial charge in [0.05, 0.1) is 124 Å². The first-order chi connectivity index (χ1) is 64.9. The molecule has 0 saturated heterocycles. The Morgan fingerprint density at radius 2 is 0.799 bits per heavy atom. The minimum absolute atomic E-state index is 0.0428. The normalized spacial score (nSPS) is 19.3. The molecule has 0 amide bonds. The van der Waals surface area contributed by atoms with E-state index in [0.717, 1.165) is 42.4 Å². The third-order valence-electron chi connectivity index (χ3n) is 18.6. The van der Waals surface area contributed by atoms with Crippen molar-refractivity contribution in [1.29, 1.82) is 0 Å². The van der Waals surface area contributed by atoms with Crippen LogP contribution in [0.4, 0.5) is 94.6 Å². The molecule has 8 aromatic rings. The minimum Gasteiger partial charge on any atom is -0.398 e. The zero-order chi connectivity index (χ0) is 105. The number of anilines is 12. The molecule has 2 aliphatic carbocycles. The minimum atomic E-state index is -4.66. The first-order valence-corrected chi connectivity index (χ1v) is 53.8. The molecule has 8 aliphatic rings. The molecule has 0 radical (unpaired) electrons. The SMILES string of the molecule is C=S.CC(C)CC1Nc2cc(Cl)c(N)cc2S(=O)(=O)N1.Nc1cc2c(cc1C(F)(F)F)NC(Cc1ccccc1)NS2(=O)=O.Nc1cc2c(cc1Cl)NC(C1CC3C=CC1C3)NS2(=O)=O.Nc1cc2c(cc1Cl)NC(CSCC(F)(F)F)NS2(=O)=O.Nc1cc2c(cc1Cl)NC(Cc1ccccc1)=NS2(=O)=O.Nc1cc2c(cc1Cl)NC=NS2(=O)=O.O=S=O.O=S=O.O=S=O.O=S=O.O=S=O.O=S=O. The molecule has 139 heavy (non-hydrogen) atoms. The molecule has 2 bridgehead atoms. The van der Waals surface area contributed by atoms with Crippen LogP contribution in [0, 0.1) is 23.7 Å². The number of fused-ring (bicyclic) bond motifs is 8. The average molecular weight is 2320 g/mol. The van der Waals surface area contributed by atoms with Crippen molar-refractivity contribution in [3.05, 3.63) is 187 Å². The van der Waals surface area contributed by atoms with Crippen LogP contribution in [-0.2, 0) is 149 Å². The zero-order valence-electron chi connectivity index (χ0n) is 70.2. The van der Waals surface area contributed by atoms with E-state index in [1.807, 2.05) is 50.2 Å². The summed E-state index contributed by atoms with van der Waals surface area (Å²) in [6.45, 7) is 4.06. The highest BCUT2D eigenvalue weighted by atomic mass is 35.5. The number of thiocarbonyl (C=S) groups is 1. The fourth-order valence-corrected chi connectivity index (χ4v) is 22.5. The number of benzene rings is 8. The molecule has 0 spiro atoms. The van der Waals surface area contributed by atoms with Gasteiger partial charge in [-0.15, -0.1) is 20.6 Å². The van der Waals surface area contributed by atoms with Gasteiger partial charge in [-0.2, -0.15) is 113 Å². The van der Waals surface area contributed by atoms with Crippen LogP contribution in [0.3, 0.4) is 0 Å². The van der Waals surface area contributed by atoms with E-state index >= 15 is 0 Å². The molecule has 760 valence electrons. The lowest BCUT2D eigenvalue weighted by Gasteiger charge is -2.34. The maximum absolute atomic E-state index is 13.0. The number of alkyl halides is 6. The molecule has 42 nitrogen and oxygen atoms in total. The number of sulfonamides is 6. The van der Waals surface area contributed by atoms with Crippen LogP contribution >= 0.6 is 82.0 Å². The van der Waals surface area contributed by atoms with Crippen LogP contribution in [-0.4, -0.2) is 161 Å². The highest BCUT2D eigenvalue weighted by molar-refractivity contribution is 7.99. The molecule has 8 aromatic carbocycles. The summed E-state index contributed by atoms with van der Waals surface area (Å²) in [5.41, 5.74) is 36.5. The van der Waals surface area contributed by atoms with Crippen LogP contribution in [0.5, 0.6) is 0 Å². The van der Waals surface area contributed by atoms with Crippen LogP contribution < -0.4 is 85.2 Å². The summed E-state index contributed by atoms with van der Waals surface area (Å²) < 4.78 is 337. The fourth-order valence-electron chi connectivity index (χ4n) is 13.2. The number of rotatable bonds is 10. The van der Waals surface area contributed by atoms with Crippen LogP contribution in [0.15, 0.2) is 184 Å². The Labute approximate surface area is 846 Å². The van der Waals surface area contributed by atoms with E-state index in [1.54, 1.807) is 36.4 Å². The molecule has 7 unspecified atom stereocenters. The number of thioether (sulfide) groups is 1. The summed E-state index contributed by atoms with van der Waals surface area (Å²) in [5, 5.41) is 19.2. The number of nitrogens with zero attached hydrogens (tertiary/aromatic N) is 2. The molecule has 1 fully saturated rings. The number of nitrogens with two attached hydrogens (primary N) is 6. The average Bonchev–Trinajstić information content (AvgIpc) is 1.74. The Morgan fingerprint density at radius 1 is 0.439 bits per heavy atom. The second-order valence-corrected chi connectivity index (χ2v) is 42.2. The lowest BCUT2D eigenvalue weighted by molar-refractivity contribution is -0.137. The van der Waals surface area contributed by atoms with Crippen molar-refractivity contribution in [3.63, 3.8) is 0 Å². The predicted octanol–water partition coefficient (Wildman–Crippen LogP) is 9.31. The van der Waals surface area contributed by atoms with Gasteiger partial charge in [-0.05, 0) is 127 Å². The zero-order valence-corrected chi connectivity index (χ0v) is 85.4. The Morgan fingerprint density at radius 3 is 1.21 bits per heavy atom. The monoisotopic (exact) mass is 2310 g/mol. The second kappa shape index (κ2) is 55.1. The summed E-state index contributed by atoms with van der Waals surface area (Å²) in [4.78, 5) is 0.0191. The molecule has 7 atom stereocenters. The lowest BCUT2D eigenvalue weighted by Crippen LogP contribution is -2.50. The number of nitrogens with one attached hydrogen (secondary N) is 10. The van der Waals surface area contributed by atoms with Crippen molar-refractivity contribution in [3.8, 4) is 0 Å². The number of hydrogen-bond acceptors (Lipinski definition) is 38. The van der Waals surface area contributed by atoms with Crippen molar-refractivity contribution < 1.29 is 127 Å². The molecule has 6 aliphatic heterocycles. The molecule has 22 N–H and O–H groups in total. The van der Waals surface area contributed by atoms with E-state index in [9.17, 15) is 76.8 Å². The smallest absolute Gasteiger partial charge is 0.398 e. The van der Waals surface area contributed by atoms with Gasteiger partial charge < -0.3 is 66.3 Å². The number of amidine groups is 1. The van der Waals surface area contributed by atoms with Gasteiger partial charge in [0, 0.05) is 30.2 Å². The van der Waals surface area contributed by atoms with Crippen molar-refractivity contribution in [2.24, 2.45) is 32.5 Å². The van der Waals surface area contributed by atoms with Crippen LogP contribution in [0.2, 0.25) is 25.1 Å². The number of allylic oxidation sites excluding steroid dienone is 2. The first-order valence-electron chi connectivity index (χ1n) is 37.4. The van der Waals surface area contributed by atoms with Gasteiger partial charge in [0.2, 0.25) is 40.1 Å². The largest absolute Gasteiger partial charge is 0.418 e. The van der Waals surface area contributed by atoms with Gasteiger partial charge >= 0.3 is 81.8 Å². The summed E-state index contributed by atoms with van der Waals surface area (Å²) >= 11 is 29.3. The standard InChI is InChI=1S/C15H14F3N3O2S.C14H16ClN3O2S.C14H12ClN3O2S.C11H16ClN3O2S.C10H11ClF3N3O2S2.C7H6ClN3O2S.CH2S.6O2S/c16-15(17,18)10-7-12-13(8-11(10)19)24(22,23)21-14(20-12)6-9-4-2-1-3-5-9;15-10-5-12-13(6-11(10)16)21(19,20)18-14(17-12)9-4-7-1-2-8(9)3-7;15-10-7-12-13(8-11(10)16)21(19,20)18-14(17-12)6-9-4-2-1-3-5-9;1-6(2)3-11-14-9-4-7(12)8(13)5-10(9)18(16,17)15-11;11-5-1-7-8(2-6(5)15)21(18,19)17-9(16-7)3-20-4-10(12,13)14;8-4-1-6-7(2-5(4)9)14(12,13)11-3-10-6;1-2;6*1-3-2/h1-5,7-8,14,20-21H,6,19H2;1-2,5-9,14,17-18H,3-4,16H2;1-5,7-8H,6,16H2,(H,17,18);4-6,11,14-15H,3,13H2,1-2H3;1-2,9,16-17H,3-4,15H2;1-3H,9H2,(H,10,11);1H2;;;;;;. The molecule has 0 aromatic heterocycles. The predicted molar refractivity (Wildman–Crippen MR) is 524 cm³/mol. The summed E-state index contributed by atoms with van der Waals surface area (Å²) in [6, 6.07) is 34.1. The maximum atomic E-state index is 13.0. The number of hydrogen-bond donors (Lipinski definition) is 16. The summed E-state index contributed by atoms with van der Waals surface area (Å²) in [5.74, 6) is 3.73. The van der Waals surface area contributed by atoms with Crippen LogP contribution in [0.1, 0.15) is 49.8 Å². The van der Waals surface area contributed by atoms with E-state index in [-0.39, 0.29) is 105 Å². The lowest BCUT2D eigenvalue weighted by atomic mass is 9.91. The van der Waals surface area contributed by atoms with Gasteiger partial charge in [-0.1, -0.05) is 157 Å². The van der Waals surface area contributed by atoms with E-state index in [0.29, 0.717) is 91.0 Å². The Kier molecular flexibility index (Phi) is 48.3. The molecule has 6 heterocycles. The van der Waals surface area contributed by atoms with Gasteiger partial charge in [-0.25, -0.2) is 33.7 Å². The van der Waals surface area contributed by atoms with E-state index < -0.39 is 171 Å². The van der Waals surface area contributed by atoms with Crippen LogP contribution in [0.25, 0.3) is 0 Å². The van der Waals surface area contributed by atoms with Gasteiger partial charge in [-0.3, -0.25) is 0 Å². The molecule has 16 rings (SSSR count). The summed E-state index contributed by atoms with van der Waals surface area (Å²) in [6.07, 6.45) is -2.12. The first kappa shape index (κ1) is 122. The molecular weight excluding hydrogens is 2240 g/mol. The maximum Gasteiger partial charge on any atom is 0.418 e. The quantitative estimate of drug-likeness (QED) is 0.0262. The van der Waals surface area contributed by atoms with Gasteiger partial charge in [0.25, 0.3) is 20.0 Å². The second-order valence-electron chi connectivity index (χ2n) is 28.4. The van der Waals surface area contributed by atoms with E-state index in [4.69, 9.17) is 143 Å². The van der Waals surface area contributed by atoms with Gasteiger partial charge in [0.1, 0.15) is 41.5 Å². The van der Waals surface area contributed by atoms with Crippen molar-refractivity contribution in [2.45, 2.75) is 112 Å². The van der Waals surface area contributed by atoms with Crippen molar-refractivity contribution >= 4 is 298 Å². The highest BCUT2D eigenvalue weighted by Crippen LogP contribution is 2.48. The number of halogens is 11. The highest BCUT2D eigenvalue weighted by Gasteiger charge is 2.45. The van der Waals surface area contributed by atoms with Gasteiger partial charge in [0.15, 0.2) is 0 Å². The van der Waals surface area contributed by atoms with E-state index in [2.05, 4.69) is 89.8 Å². The molecule has 1 saturated carbocycles.